The molecule has 0 bridgehead atoms. The summed E-state index contributed by atoms with van der Waals surface area (Å²) in [5, 5.41) is 9.29. The SMILES string of the molecule is CCCN(CCN(C)C)S(=O)(=O)c1cc(F)ccc1CO. The first-order valence-electron chi connectivity index (χ1n) is 6.87. The minimum Gasteiger partial charge on any atom is -0.392 e. The van der Waals surface area contributed by atoms with Gasteiger partial charge in [-0.1, -0.05) is 13.0 Å². The number of sulfonamides is 1. The number of aliphatic hydroxyl groups is 1. The number of hydrogen-bond acceptors (Lipinski definition) is 4. The summed E-state index contributed by atoms with van der Waals surface area (Å²) in [6, 6.07) is 3.42. The van der Waals surface area contributed by atoms with Gasteiger partial charge in [-0.3, -0.25) is 0 Å². The van der Waals surface area contributed by atoms with Gasteiger partial charge in [0.05, 0.1) is 11.5 Å². The molecule has 21 heavy (non-hydrogen) atoms. The second kappa shape index (κ2) is 7.84. The third-order valence-electron chi connectivity index (χ3n) is 3.09. The van der Waals surface area contributed by atoms with Gasteiger partial charge < -0.3 is 10.0 Å². The molecule has 0 heterocycles. The Hall–Kier alpha value is -1.02. The summed E-state index contributed by atoms with van der Waals surface area (Å²) >= 11 is 0. The molecule has 1 N–H and O–H groups in total. The Morgan fingerprint density at radius 1 is 1.19 bits per heavy atom. The number of nitrogens with zero attached hydrogens (tertiary/aromatic N) is 2. The van der Waals surface area contributed by atoms with Crippen LogP contribution in [0.3, 0.4) is 0 Å². The van der Waals surface area contributed by atoms with Crippen LogP contribution in [0.15, 0.2) is 23.1 Å². The zero-order chi connectivity index (χ0) is 16.0. The normalized spacial score (nSPS) is 12.3. The number of halogens is 1. The molecule has 0 saturated heterocycles. The van der Waals surface area contributed by atoms with Gasteiger partial charge in [0.15, 0.2) is 0 Å². The molecule has 0 aromatic heterocycles. The standard InChI is InChI=1S/C14H23FN2O3S/c1-4-7-17(9-8-16(2)3)21(19,20)14-10-13(15)6-5-12(14)11-18/h5-6,10,18H,4,7-9,11H2,1-3H3. The van der Waals surface area contributed by atoms with E-state index in [1.807, 2.05) is 25.9 Å². The molecule has 0 aliphatic rings. The highest BCUT2D eigenvalue weighted by molar-refractivity contribution is 7.89. The quantitative estimate of drug-likeness (QED) is 0.784. The lowest BCUT2D eigenvalue weighted by Crippen LogP contribution is -2.37. The number of likely N-dealkylation sites (N-methyl/N-ethyl adjacent to an activating group) is 1. The van der Waals surface area contributed by atoms with Crippen LogP contribution in [0.1, 0.15) is 18.9 Å². The molecule has 0 radical (unpaired) electrons. The van der Waals surface area contributed by atoms with Crippen LogP contribution in [0.2, 0.25) is 0 Å². The number of benzene rings is 1. The Balaban J connectivity index is 3.18. The van der Waals surface area contributed by atoms with Crippen molar-refractivity contribution in [1.29, 1.82) is 0 Å². The molecule has 0 amide bonds. The van der Waals surface area contributed by atoms with E-state index < -0.39 is 22.4 Å². The summed E-state index contributed by atoms with van der Waals surface area (Å²) < 4.78 is 40.1. The van der Waals surface area contributed by atoms with Gasteiger partial charge in [0, 0.05) is 19.6 Å². The fourth-order valence-corrected chi connectivity index (χ4v) is 3.70. The summed E-state index contributed by atoms with van der Waals surface area (Å²) in [6.07, 6.45) is 0.663. The molecule has 1 aromatic carbocycles. The third-order valence-corrected chi connectivity index (χ3v) is 5.07. The molecule has 120 valence electrons. The van der Waals surface area contributed by atoms with Crippen molar-refractivity contribution < 1.29 is 17.9 Å². The van der Waals surface area contributed by atoms with E-state index in [0.29, 0.717) is 26.1 Å². The molecule has 0 atom stereocenters. The van der Waals surface area contributed by atoms with Gasteiger partial charge in [-0.15, -0.1) is 0 Å². The molecule has 1 aromatic rings. The van der Waals surface area contributed by atoms with E-state index in [0.717, 1.165) is 12.1 Å². The Kier molecular flexibility index (Phi) is 6.73. The minimum absolute atomic E-state index is 0.155. The van der Waals surface area contributed by atoms with E-state index in [4.69, 9.17) is 0 Å². The molecule has 5 nitrogen and oxygen atoms in total. The van der Waals surface area contributed by atoms with Gasteiger partial charge >= 0.3 is 0 Å². The van der Waals surface area contributed by atoms with E-state index in [1.165, 1.54) is 10.4 Å². The fourth-order valence-electron chi connectivity index (χ4n) is 1.95. The summed E-state index contributed by atoms with van der Waals surface area (Å²) in [7, 11) is -0.0991. The molecule has 0 spiro atoms. The van der Waals surface area contributed by atoms with Gasteiger partial charge in [-0.2, -0.15) is 4.31 Å². The topological polar surface area (TPSA) is 60.9 Å². The fraction of sp³-hybridized carbons (Fsp3) is 0.571. The molecule has 0 aliphatic carbocycles. The Morgan fingerprint density at radius 2 is 1.86 bits per heavy atom. The van der Waals surface area contributed by atoms with E-state index in [2.05, 4.69) is 0 Å². The van der Waals surface area contributed by atoms with Gasteiger partial charge in [0.2, 0.25) is 10.0 Å². The largest absolute Gasteiger partial charge is 0.392 e. The van der Waals surface area contributed by atoms with Gasteiger partial charge in [0.1, 0.15) is 5.82 Å². The minimum atomic E-state index is -3.82. The first-order chi connectivity index (χ1) is 9.82. The van der Waals surface area contributed by atoms with Gasteiger partial charge in [-0.25, -0.2) is 12.8 Å². The van der Waals surface area contributed by atoms with Crippen molar-refractivity contribution >= 4 is 10.0 Å². The lowest BCUT2D eigenvalue weighted by Gasteiger charge is -2.24. The van der Waals surface area contributed by atoms with Crippen LogP contribution >= 0.6 is 0 Å². The maximum absolute atomic E-state index is 13.4. The molecule has 0 aliphatic heterocycles. The zero-order valence-corrected chi connectivity index (χ0v) is 13.5. The van der Waals surface area contributed by atoms with Crippen LogP contribution in [-0.2, 0) is 16.6 Å². The van der Waals surface area contributed by atoms with Crippen LogP contribution < -0.4 is 0 Å². The second-order valence-corrected chi connectivity index (χ2v) is 7.02. The average Bonchev–Trinajstić information content (AvgIpc) is 2.43. The lowest BCUT2D eigenvalue weighted by molar-refractivity contribution is 0.277. The van der Waals surface area contributed by atoms with Crippen molar-refractivity contribution in [1.82, 2.24) is 9.21 Å². The molecular weight excluding hydrogens is 295 g/mol. The average molecular weight is 318 g/mol. The highest BCUT2D eigenvalue weighted by Gasteiger charge is 2.26. The predicted octanol–water partition coefficient (Wildman–Crippen LogP) is 1.28. The maximum atomic E-state index is 13.4. The van der Waals surface area contributed by atoms with Crippen LogP contribution in [-0.4, -0.2) is 56.5 Å². The Morgan fingerprint density at radius 3 is 2.38 bits per heavy atom. The first kappa shape index (κ1) is 18.0. The van der Waals surface area contributed by atoms with E-state index in [-0.39, 0.29) is 10.5 Å². The van der Waals surface area contributed by atoms with Gasteiger partial charge in [0.25, 0.3) is 0 Å². The second-order valence-electron chi connectivity index (χ2n) is 5.12. The molecule has 7 heteroatoms. The predicted molar refractivity (Wildman–Crippen MR) is 79.9 cm³/mol. The van der Waals surface area contributed by atoms with E-state index in [9.17, 15) is 17.9 Å². The highest BCUT2D eigenvalue weighted by Crippen LogP contribution is 2.22. The van der Waals surface area contributed by atoms with Crippen molar-refractivity contribution in [2.75, 3.05) is 33.7 Å². The van der Waals surface area contributed by atoms with Crippen LogP contribution in [0, 0.1) is 5.82 Å². The molecule has 1 rings (SSSR count). The van der Waals surface area contributed by atoms with Gasteiger partial charge in [-0.05, 0) is 38.2 Å². The van der Waals surface area contributed by atoms with Crippen LogP contribution in [0.25, 0.3) is 0 Å². The summed E-state index contributed by atoms with van der Waals surface area (Å²) in [5.41, 5.74) is 0.211. The number of hydrogen-bond donors (Lipinski definition) is 1. The maximum Gasteiger partial charge on any atom is 0.243 e. The summed E-state index contributed by atoms with van der Waals surface area (Å²) in [5.74, 6) is -0.630. The zero-order valence-electron chi connectivity index (χ0n) is 12.7. The lowest BCUT2D eigenvalue weighted by atomic mass is 10.2. The smallest absolute Gasteiger partial charge is 0.243 e. The highest BCUT2D eigenvalue weighted by atomic mass is 32.2. The Labute approximate surface area is 126 Å². The molecule has 0 saturated carbocycles. The molecule has 0 unspecified atom stereocenters. The Bertz CT molecular complexity index is 561. The third kappa shape index (κ3) is 4.74. The van der Waals surface area contributed by atoms with Crippen molar-refractivity contribution in [3.63, 3.8) is 0 Å². The van der Waals surface area contributed by atoms with Crippen molar-refractivity contribution in [2.45, 2.75) is 24.8 Å². The number of rotatable bonds is 8. The van der Waals surface area contributed by atoms with Crippen LogP contribution in [0.5, 0.6) is 0 Å². The van der Waals surface area contributed by atoms with E-state index >= 15 is 0 Å². The van der Waals surface area contributed by atoms with Crippen molar-refractivity contribution in [3.05, 3.63) is 29.6 Å². The monoisotopic (exact) mass is 318 g/mol. The summed E-state index contributed by atoms with van der Waals surface area (Å²) in [4.78, 5) is 1.73. The molecule has 0 fully saturated rings. The van der Waals surface area contributed by atoms with E-state index in [1.54, 1.807) is 0 Å². The number of aliphatic hydroxyl groups excluding tert-OH is 1. The van der Waals surface area contributed by atoms with Crippen LogP contribution in [0.4, 0.5) is 4.39 Å². The van der Waals surface area contributed by atoms with Crippen molar-refractivity contribution in [3.8, 4) is 0 Å². The molecular formula is C14H23FN2O3S. The first-order valence-corrected chi connectivity index (χ1v) is 8.31. The summed E-state index contributed by atoms with van der Waals surface area (Å²) in [6.45, 7) is 2.70. The van der Waals surface area contributed by atoms with Crippen molar-refractivity contribution in [2.24, 2.45) is 0 Å².